The van der Waals surface area contributed by atoms with Gasteiger partial charge in [0.1, 0.15) is 5.76 Å². The molecule has 3 aromatic rings. The van der Waals surface area contributed by atoms with Crippen molar-refractivity contribution in [3.05, 3.63) is 163 Å². The summed E-state index contributed by atoms with van der Waals surface area (Å²) in [6.45, 7) is 15.2. The highest BCUT2D eigenvalue weighted by Gasteiger charge is 2.41. The van der Waals surface area contributed by atoms with E-state index in [0.717, 1.165) is 137 Å². The highest BCUT2D eigenvalue weighted by Crippen LogP contribution is 2.47. The molecule has 6 aliphatic rings. The first kappa shape index (κ1) is 66.3. The molecule has 482 valence electrons. The maximum atomic E-state index is 14.0. The van der Waals surface area contributed by atoms with Crippen molar-refractivity contribution < 1.29 is 54.9 Å². The van der Waals surface area contributed by atoms with E-state index in [0.29, 0.717) is 96.4 Å². The van der Waals surface area contributed by atoms with Crippen LogP contribution in [0, 0.1) is 11.8 Å². The minimum absolute atomic E-state index is 0.00237. The van der Waals surface area contributed by atoms with Crippen molar-refractivity contribution >= 4 is 40.8 Å². The highest BCUT2D eigenvalue weighted by molar-refractivity contribution is 6.21. The van der Waals surface area contributed by atoms with Gasteiger partial charge in [-0.1, -0.05) is 77.5 Å². The number of aromatic hydroxyl groups is 6. The minimum atomic E-state index is -0.498. The van der Waals surface area contributed by atoms with Crippen molar-refractivity contribution in [2.45, 2.75) is 151 Å². The van der Waals surface area contributed by atoms with Gasteiger partial charge >= 0.3 is 0 Å². The van der Waals surface area contributed by atoms with E-state index in [1.165, 1.54) is 60.2 Å². The van der Waals surface area contributed by atoms with Crippen LogP contribution in [0.2, 0.25) is 0 Å². The number of nitrogens with zero attached hydrogens (tertiary/aromatic N) is 5. The van der Waals surface area contributed by atoms with Crippen molar-refractivity contribution in [2.75, 3.05) is 39.3 Å². The Bertz CT molecular complexity index is 3720. The Morgan fingerprint density at radius 3 is 1.54 bits per heavy atom. The van der Waals surface area contributed by atoms with Gasteiger partial charge in [-0.25, -0.2) is 15.0 Å². The molecule has 3 aromatic carbocycles. The van der Waals surface area contributed by atoms with Crippen LogP contribution in [0.3, 0.4) is 0 Å². The van der Waals surface area contributed by atoms with Gasteiger partial charge in [0, 0.05) is 86.5 Å². The molecule has 4 amide bonds. The fourth-order valence-corrected chi connectivity index (χ4v) is 13.1. The van der Waals surface area contributed by atoms with Gasteiger partial charge in [-0.2, -0.15) is 0 Å². The Balaban J connectivity index is 0.757. The van der Waals surface area contributed by atoms with E-state index in [1.54, 1.807) is 9.80 Å². The van der Waals surface area contributed by atoms with Crippen molar-refractivity contribution in [3.63, 3.8) is 0 Å². The molecule has 1 fully saturated rings. The first-order valence-corrected chi connectivity index (χ1v) is 32.4. The number of carbonyl (C=O) groups excluding carboxylic acids is 4. The van der Waals surface area contributed by atoms with Crippen molar-refractivity contribution in [2.24, 2.45) is 26.8 Å². The van der Waals surface area contributed by atoms with Gasteiger partial charge in [0.2, 0.25) is 5.91 Å². The Labute approximate surface area is 533 Å². The molecule has 0 saturated carbocycles. The van der Waals surface area contributed by atoms with Crippen LogP contribution >= 0.6 is 0 Å². The average molecular weight is 1240 g/mol. The van der Waals surface area contributed by atoms with E-state index in [1.807, 2.05) is 6.92 Å². The smallest absolute Gasteiger partial charge is 0.257 e. The summed E-state index contributed by atoms with van der Waals surface area (Å²) in [5.41, 5.74) is 14.4. The highest BCUT2D eigenvalue weighted by atomic mass is 16.3. The molecule has 5 heterocycles. The summed E-state index contributed by atoms with van der Waals surface area (Å²) in [5, 5.41) is 82.8. The van der Waals surface area contributed by atoms with Crippen LogP contribution in [0.4, 0.5) is 0 Å². The number of nitrogens with one attached hydrogen (secondary N) is 3. The largest absolute Gasteiger partial charge is 0.511 e. The lowest BCUT2D eigenvalue weighted by Crippen LogP contribution is -2.33. The van der Waals surface area contributed by atoms with E-state index in [-0.39, 0.29) is 45.9 Å². The number of fused-ring (bicyclic) bond motifs is 5. The number of hydrogen-bond donors (Lipinski definition) is 10. The number of aliphatic imine (C=N–C) groups is 3. The third-order valence-electron chi connectivity index (χ3n) is 18.5. The number of phenolic OH excluding ortho intramolecular Hbond substituents is 6. The lowest BCUT2D eigenvalue weighted by Gasteiger charge is -2.24. The second kappa shape index (κ2) is 30.1. The van der Waals surface area contributed by atoms with Gasteiger partial charge in [0.25, 0.3) is 17.7 Å². The first-order chi connectivity index (χ1) is 43.8. The van der Waals surface area contributed by atoms with Gasteiger partial charge in [0.05, 0.1) is 50.9 Å². The Hall–Kier alpha value is -9.13. The zero-order chi connectivity index (χ0) is 65.0. The normalized spacial score (nSPS) is 17.5. The summed E-state index contributed by atoms with van der Waals surface area (Å²) in [7, 11) is 0. The number of amides is 4. The number of unbranched alkanes of at least 4 members (excludes halogenated alkanes) is 9. The van der Waals surface area contributed by atoms with Crippen LogP contribution in [0.1, 0.15) is 182 Å². The van der Waals surface area contributed by atoms with Crippen LogP contribution in [0.5, 0.6) is 34.5 Å². The summed E-state index contributed by atoms with van der Waals surface area (Å²) < 4.78 is 0. The predicted octanol–water partition coefficient (Wildman–Crippen LogP) is 12.6. The number of phenols is 6. The second-order valence-electron chi connectivity index (χ2n) is 24.4. The first-order valence-electron chi connectivity index (χ1n) is 32.4. The molecule has 19 heteroatoms. The number of aliphatic hydroxyl groups is 1. The quantitative estimate of drug-likeness (QED) is 0.0229. The molecule has 1 aliphatic carbocycles. The van der Waals surface area contributed by atoms with E-state index >= 15 is 0 Å². The molecule has 0 aromatic heterocycles. The van der Waals surface area contributed by atoms with Crippen LogP contribution in [-0.2, 0) is 4.79 Å². The Morgan fingerprint density at radius 1 is 0.560 bits per heavy atom. The van der Waals surface area contributed by atoms with E-state index < -0.39 is 40.7 Å². The maximum absolute atomic E-state index is 14.0. The monoisotopic (exact) mass is 1240 g/mol. The fraction of sp³-hybridized carbons (Fsp3) is 0.431. The summed E-state index contributed by atoms with van der Waals surface area (Å²) >= 11 is 0. The molecule has 19 nitrogen and oxygen atoms in total. The maximum Gasteiger partial charge on any atom is 0.257 e. The van der Waals surface area contributed by atoms with Crippen LogP contribution < -0.4 is 16.0 Å². The molecular formula is C72H88N8O11. The fourth-order valence-electron chi connectivity index (χ4n) is 13.1. The topological polar surface area (TPSA) is 290 Å². The lowest BCUT2D eigenvalue weighted by atomic mass is 9.86. The third kappa shape index (κ3) is 15.0. The summed E-state index contributed by atoms with van der Waals surface area (Å²) in [4.78, 5) is 72.9. The van der Waals surface area contributed by atoms with Gasteiger partial charge < -0.3 is 61.5 Å². The van der Waals surface area contributed by atoms with Crippen molar-refractivity contribution in [3.8, 4) is 34.5 Å². The Morgan fingerprint density at radius 2 is 1.02 bits per heavy atom. The molecule has 2 atom stereocenters. The predicted molar refractivity (Wildman–Crippen MR) is 353 cm³/mol. The SMILES string of the molecule is CCC1=C(C)C2=NC1=CC1=C(C)C3=C(O)CC(=C4NC(=CC5=NC(=C2)C(CC)=C5C)[C@@H](C)[C@@H]4CCC(=O)NCCCCCCN(CCCCCCN(CCCCCCNC(=O)c2cccc(O)c2O)C(=O)c2cccc(O)c2O)C(=O)c2cccc(O)c2O)C3=N1. The molecule has 0 spiro atoms. The van der Waals surface area contributed by atoms with Crippen molar-refractivity contribution in [1.82, 2.24) is 25.8 Å². The number of allylic oxidation sites excluding steroid dienone is 12. The molecule has 9 rings (SSSR count). The lowest BCUT2D eigenvalue weighted by molar-refractivity contribution is -0.121. The molecule has 91 heavy (non-hydrogen) atoms. The van der Waals surface area contributed by atoms with Gasteiger partial charge in [0.15, 0.2) is 34.5 Å². The molecule has 5 aliphatic heterocycles. The number of hydrogen-bond acceptors (Lipinski definition) is 15. The second-order valence-corrected chi connectivity index (χ2v) is 24.4. The van der Waals surface area contributed by atoms with Crippen LogP contribution in [0.25, 0.3) is 0 Å². The zero-order valence-electron chi connectivity index (χ0n) is 53.3. The molecule has 8 bridgehead atoms. The molecule has 0 unspecified atom stereocenters. The number of benzene rings is 3. The number of aliphatic hydroxyl groups excluding tert-OH is 1. The standard InChI is InChI=1S/C72H88N8O11/c1-7-46-42(3)53-39-55-44(5)48(65(77-55)52-38-62(84)64-45(6)56(78-66(52)64)41-58-47(8-2)43(4)54(76-58)40-57(46)75-53)30-31-63(85)73-32-15-9-11-17-34-79(71(90)50-25-22-28-60(82)68(50)87)36-19-13-14-20-37-80(72(91)51-26-23-29-61(83)69(51)88)35-18-12-10-16-33-74-70(89)49-24-21-27-59(81)67(49)86/h21-29,39-41,44,48,77,81-84,86-88H,7-20,30-38H2,1-6H3,(H,73,85)(H,74,89)/t44-,48-/m0/s1. The molecular weight excluding hydrogens is 1150 g/mol. The third-order valence-corrected chi connectivity index (χ3v) is 18.5. The molecule has 1 saturated heterocycles. The zero-order valence-corrected chi connectivity index (χ0v) is 53.3. The summed E-state index contributed by atoms with van der Waals surface area (Å²) in [5.74, 6) is -3.68. The van der Waals surface area contributed by atoms with Crippen LogP contribution in [0.15, 0.2) is 161 Å². The summed E-state index contributed by atoms with van der Waals surface area (Å²) in [6, 6.07) is 12.8. The average Bonchev–Trinajstić information content (AvgIpc) is 1.60. The van der Waals surface area contributed by atoms with Gasteiger partial charge in [-0.3, -0.25) is 19.2 Å². The van der Waals surface area contributed by atoms with Crippen LogP contribution in [-0.4, -0.2) is 126 Å². The molecule has 0 radical (unpaired) electrons. The number of para-hydroxylation sites is 3. The minimum Gasteiger partial charge on any atom is -0.511 e. The number of carbonyl (C=O) groups is 4. The van der Waals surface area contributed by atoms with E-state index in [4.69, 9.17) is 15.0 Å². The van der Waals surface area contributed by atoms with Gasteiger partial charge in [-0.05, 0) is 161 Å². The molecule has 10 N–H and O–H groups in total. The Kier molecular flexibility index (Phi) is 21.9. The van der Waals surface area contributed by atoms with Crippen molar-refractivity contribution in [1.29, 1.82) is 0 Å². The summed E-state index contributed by atoms with van der Waals surface area (Å²) in [6.07, 6.45) is 17.6. The number of rotatable bonds is 29. The van der Waals surface area contributed by atoms with E-state index in [2.05, 4.69) is 68.8 Å². The van der Waals surface area contributed by atoms with Gasteiger partial charge in [-0.15, -0.1) is 0 Å². The van der Waals surface area contributed by atoms with E-state index in [9.17, 15) is 54.9 Å².